The SMILES string of the molecule is C=Cc1cc(-c2ccc3c(c2)Cc2cc(-c4ccc(N)c(C=N)c4)ccc2N3CCCN2CCN(C(C)=N)C(=N)C2)ccc1N. The number of nitrogens with two attached hydrogens (primary N) is 2. The quantitative estimate of drug-likeness (QED) is 0.0862. The van der Waals surface area contributed by atoms with E-state index >= 15 is 0 Å². The zero-order valence-corrected chi connectivity index (χ0v) is 25.7. The monoisotopic (exact) mass is 596 g/mol. The van der Waals surface area contributed by atoms with Gasteiger partial charge in [0, 0.05) is 67.1 Å². The third-order valence-electron chi connectivity index (χ3n) is 8.94. The summed E-state index contributed by atoms with van der Waals surface area (Å²) in [6.45, 7) is 9.53. The van der Waals surface area contributed by atoms with Gasteiger partial charge < -0.3 is 26.7 Å². The molecule has 0 aromatic heterocycles. The number of nitrogen functional groups attached to an aromatic ring is 2. The Balaban J connectivity index is 1.31. The first-order valence-electron chi connectivity index (χ1n) is 15.3. The van der Waals surface area contributed by atoms with E-state index in [1.54, 1.807) is 17.9 Å². The van der Waals surface area contributed by atoms with Crippen LogP contribution in [0, 0.1) is 16.2 Å². The van der Waals surface area contributed by atoms with Crippen molar-refractivity contribution in [2.75, 3.05) is 49.1 Å². The van der Waals surface area contributed by atoms with E-state index < -0.39 is 0 Å². The van der Waals surface area contributed by atoms with Crippen LogP contribution in [0.1, 0.15) is 35.6 Å². The van der Waals surface area contributed by atoms with Crippen LogP contribution in [0.4, 0.5) is 22.7 Å². The summed E-state index contributed by atoms with van der Waals surface area (Å²) in [6, 6.07) is 25.4. The fourth-order valence-electron chi connectivity index (χ4n) is 6.49. The first-order chi connectivity index (χ1) is 21.7. The Bertz CT molecular complexity index is 1720. The van der Waals surface area contributed by atoms with Crippen LogP contribution >= 0.6 is 0 Å². The standard InChI is InChI=1S/C37H40N8/c1-3-25-17-26(5-9-33(25)40)28-7-11-35-30(18-28)21-31-19-29(27-6-10-34(41)32(20-27)22-38)8-12-36(31)45(35)14-4-13-43-15-16-44(24(2)39)37(42)23-43/h3,5-12,17-20,22,38-39,42H,1,4,13-16,21,23,40-41H2,2H3. The van der Waals surface area contributed by atoms with E-state index in [1.165, 1.54) is 28.7 Å². The Morgan fingerprint density at radius 3 is 1.91 bits per heavy atom. The maximum Gasteiger partial charge on any atom is 0.116 e. The molecule has 228 valence electrons. The number of hydrogen-bond acceptors (Lipinski definition) is 7. The van der Waals surface area contributed by atoms with Crippen molar-refractivity contribution in [3.8, 4) is 22.3 Å². The van der Waals surface area contributed by atoms with Gasteiger partial charge in [-0.05, 0) is 101 Å². The Morgan fingerprint density at radius 2 is 1.36 bits per heavy atom. The number of nitrogens with zero attached hydrogens (tertiary/aromatic N) is 3. The van der Waals surface area contributed by atoms with Crippen LogP contribution in [0.25, 0.3) is 28.3 Å². The largest absolute Gasteiger partial charge is 0.398 e. The molecule has 2 aliphatic rings. The van der Waals surface area contributed by atoms with Gasteiger partial charge >= 0.3 is 0 Å². The molecular formula is C37H40N8. The van der Waals surface area contributed by atoms with Gasteiger partial charge in [-0.25, -0.2) is 0 Å². The second-order valence-electron chi connectivity index (χ2n) is 11.9. The van der Waals surface area contributed by atoms with Gasteiger partial charge in [-0.15, -0.1) is 0 Å². The maximum absolute atomic E-state index is 8.39. The molecule has 7 N–H and O–H groups in total. The van der Waals surface area contributed by atoms with Crippen molar-refractivity contribution in [2.24, 2.45) is 0 Å². The fourth-order valence-corrected chi connectivity index (χ4v) is 6.49. The van der Waals surface area contributed by atoms with E-state index in [9.17, 15) is 0 Å². The maximum atomic E-state index is 8.39. The summed E-state index contributed by atoms with van der Waals surface area (Å²) in [6.07, 6.45) is 4.85. The summed E-state index contributed by atoms with van der Waals surface area (Å²) in [5, 5.41) is 24.1. The average molecular weight is 597 g/mol. The highest BCUT2D eigenvalue weighted by Gasteiger charge is 2.25. The lowest BCUT2D eigenvalue weighted by Crippen LogP contribution is -2.51. The van der Waals surface area contributed by atoms with Crippen molar-refractivity contribution < 1.29 is 0 Å². The molecule has 0 radical (unpaired) electrons. The minimum atomic E-state index is 0.438. The molecule has 2 heterocycles. The van der Waals surface area contributed by atoms with Gasteiger partial charge in [-0.1, -0.05) is 36.9 Å². The number of fused-ring (bicyclic) bond motifs is 2. The number of anilines is 4. The number of amidine groups is 2. The van der Waals surface area contributed by atoms with E-state index in [4.69, 9.17) is 27.7 Å². The molecule has 0 aliphatic carbocycles. The molecule has 0 unspecified atom stereocenters. The predicted octanol–water partition coefficient (Wildman–Crippen LogP) is 6.85. The molecule has 8 heteroatoms. The number of piperazine rings is 1. The lowest BCUT2D eigenvalue weighted by molar-refractivity contribution is 0.260. The fraction of sp³-hybridized carbons (Fsp3) is 0.216. The molecule has 1 fully saturated rings. The van der Waals surface area contributed by atoms with Gasteiger partial charge in [-0.3, -0.25) is 15.7 Å². The smallest absolute Gasteiger partial charge is 0.116 e. The molecule has 0 saturated carbocycles. The van der Waals surface area contributed by atoms with Gasteiger partial charge in [0.15, 0.2) is 0 Å². The van der Waals surface area contributed by atoms with Crippen molar-refractivity contribution in [3.63, 3.8) is 0 Å². The molecule has 1 saturated heterocycles. The summed E-state index contributed by atoms with van der Waals surface area (Å²) in [5.74, 6) is 0.936. The van der Waals surface area contributed by atoms with Crippen LogP contribution in [0.2, 0.25) is 0 Å². The van der Waals surface area contributed by atoms with E-state index in [1.807, 2.05) is 24.3 Å². The minimum absolute atomic E-state index is 0.438. The molecular weight excluding hydrogens is 556 g/mol. The number of nitrogens with one attached hydrogen (secondary N) is 3. The molecule has 0 amide bonds. The summed E-state index contributed by atoms with van der Waals surface area (Å²) in [7, 11) is 0. The molecule has 0 spiro atoms. The minimum Gasteiger partial charge on any atom is -0.398 e. The van der Waals surface area contributed by atoms with Crippen molar-refractivity contribution >= 4 is 46.7 Å². The summed E-state index contributed by atoms with van der Waals surface area (Å²) in [4.78, 5) is 6.54. The van der Waals surface area contributed by atoms with Crippen LogP contribution in [0.15, 0.2) is 79.4 Å². The lowest BCUT2D eigenvalue weighted by atomic mass is 9.90. The molecule has 2 aliphatic heterocycles. The molecule has 4 aromatic carbocycles. The highest BCUT2D eigenvalue weighted by atomic mass is 15.3. The van der Waals surface area contributed by atoms with Gasteiger partial charge in [0.25, 0.3) is 0 Å². The second-order valence-corrected chi connectivity index (χ2v) is 11.9. The number of rotatable bonds is 8. The third-order valence-corrected chi connectivity index (χ3v) is 8.94. The molecule has 8 nitrogen and oxygen atoms in total. The van der Waals surface area contributed by atoms with Gasteiger partial charge in [0.1, 0.15) is 5.84 Å². The van der Waals surface area contributed by atoms with E-state index in [2.05, 4.69) is 64.9 Å². The Labute approximate surface area is 265 Å². The first kappa shape index (κ1) is 29.8. The second kappa shape index (κ2) is 12.4. The highest BCUT2D eigenvalue weighted by molar-refractivity contribution is 5.98. The normalized spacial score (nSPS) is 14.6. The summed E-state index contributed by atoms with van der Waals surface area (Å²) < 4.78 is 0. The summed E-state index contributed by atoms with van der Waals surface area (Å²) >= 11 is 0. The molecule has 45 heavy (non-hydrogen) atoms. The van der Waals surface area contributed by atoms with Gasteiger partial charge in [0.2, 0.25) is 0 Å². The van der Waals surface area contributed by atoms with Crippen LogP contribution < -0.4 is 16.4 Å². The Kier molecular flexibility index (Phi) is 8.24. The van der Waals surface area contributed by atoms with E-state index in [0.717, 1.165) is 66.0 Å². The van der Waals surface area contributed by atoms with Crippen LogP contribution in [0.5, 0.6) is 0 Å². The van der Waals surface area contributed by atoms with E-state index in [-0.39, 0.29) is 0 Å². The van der Waals surface area contributed by atoms with Crippen molar-refractivity contribution in [1.29, 1.82) is 16.2 Å². The zero-order valence-electron chi connectivity index (χ0n) is 25.7. The third kappa shape index (κ3) is 5.97. The van der Waals surface area contributed by atoms with Crippen molar-refractivity contribution in [2.45, 2.75) is 19.8 Å². The average Bonchev–Trinajstić information content (AvgIpc) is 3.04. The van der Waals surface area contributed by atoms with Crippen molar-refractivity contribution in [1.82, 2.24) is 9.80 Å². The number of benzene rings is 4. The molecule has 0 atom stereocenters. The van der Waals surface area contributed by atoms with Crippen LogP contribution in [-0.2, 0) is 6.42 Å². The topological polar surface area (TPSA) is 133 Å². The predicted molar refractivity (Wildman–Crippen MR) is 189 cm³/mol. The van der Waals surface area contributed by atoms with Gasteiger partial charge in [-0.2, -0.15) is 0 Å². The zero-order chi connectivity index (χ0) is 31.7. The number of hydrogen-bond donors (Lipinski definition) is 5. The van der Waals surface area contributed by atoms with Gasteiger partial charge in [0.05, 0.1) is 12.4 Å². The lowest BCUT2D eigenvalue weighted by Gasteiger charge is -2.37. The summed E-state index contributed by atoms with van der Waals surface area (Å²) in [5.41, 5.74) is 24.5. The van der Waals surface area contributed by atoms with Crippen LogP contribution in [-0.4, -0.2) is 60.4 Å². The molecule has 6 rings (SSSR count). The Hall–Kier alpha value is -5.21. The van der Waals surface area contributed by atoms with Crippen molar-refractivity contribution in [3.05, 3.63) is 102 Å². The first-order valence-corrected chi connectivity index (χ1v) is 15.3. The Morgan fingerprint density at radius 1 is 0.800 bits per heavy atom. The van der Waals surface area contributed by atoms with Crippen LogP contribution in [0.3, 0.4) is 0 Å². The van der Waals surface area contributed by atoms with E-state index in [0.29, 0.717) is 36.0 Å². The molecule has 4 aromatic rings. The highest BCUT2D eigenvalue weighted by Crippen LogP contribution is 2.42. The molecule has 0 bridgehead atoms.